The number of anilines is 1. The monoisotopic (exact) mass is 385 g/mol. The van der Waals surface area contributed by atoms with Crippen LogP contribution in [0.4, 0.5) is 5.69 Å². The van der Waals surface area contributed by atoms with Gasteiger partial charge in [0.1, 0.15) is 0 Å². The van der Waals surface area contributed by atoms with E-state index in [0.717, 1.165) is 35.6 Å². The molecule has 0 saturated heterocycles. The van der Waals surface area contributed by atoms with E-state index in [1.807, 2.05) is 24.4 Å². The number of aromatic nitrogens is 1. The number of benzene rings is 2. The molecule has 0 fully saturated rings. The van der Waals surface area contributed by atoms with Crippen LogP contribution in [0.5, 0.6) is 0 Å². The second-order valence-corrected chi connectivity index (χ2v) is 7.28. The van der Waals surface area contributed by atoms with Crippen molar-refractivity contribution in [2.45, 2.75) is 32.6 Å². The highest BCUT2D eigenvalue weighted by Gasteiger charge is 2.05. The topological polar surface area (TPSA) is 39.8 Å². The third-order valence-electron chi connectivity index (χ3n) is 4.44. The van der Waals surface area contributed by atoms with E-state index in [-0.39, 0.29) is 0 Å². The molecular formula is C21H24ClN3S. The molecule has 0 saturated carbocycles. The first-order valence-corrected chi connectivity index (χ1v) is 9.83. The van der Waals surface area contributed by atoms with Crippen molar-refractivity contribution in [1.29, 1.82) is 0 Å². The minimum Gasteiger partial charge on any atom is -0.362 e. The van der Waals surface area contributed by atoms with Gasteiger partial charge in [0.25, 0.3) is 0 Å². The zero-order valence-corrected chi connectivity index (χ0v) is 16.5. The van der Waals surface area contributed by atoms with Gasteiger partial charge in [0.15, 0.2) is 5.11 Å². The second-order valence-electron chi connectivity index (χ2n) is 6.44. The predicted octanol–water partition coefficient (Wildman–Crippen LogP) is 5.69. The molecule has 0 aliphatic carbocycles. The molecule has 26 heavy (non-hydrogen) atoms. The molecule has 0 aliphatic rings. The number of hydrogen-bond acceptors (Lipinski definition) is 1. The van der Waals surface area contributed by atoms with Gasteiger partial charge in [-0.05, 0) is 72.9 Å². The number of thiocarbonyl (C=S) groups is 1. The molecular weight excluding hydrogens is 362 g/mol. The minimum absolute atomic E-state index is 0.643. The summed E-state index contributed by atoms with van der Waals surface area (Å²) in [4.78, 5) is 3.28. The van der Waals surface area contributed by atoms with Crippen LogP contribution < -0.4 is 10.6 Å². The standard InChI is InChI=1S/C21H24ClN3S/c1-2-3-4-15-5-8-18(9-6-15)25-21(26)23-12-11-16-14-24-20-10-7-17(22)13-19(16)20/h5-10,13-14,24H,2-4,11-12H2,1H3,(H2,23,25,26). The molecule has 1 aromatic heterocycles. The van der Waals surface area contributed by atoms with E-state index in [2.05, 4.69) is 46.8 Å². The zero-order chi connectivity index (χ0) is 18.4. The summed E-state index contributed by atoms with van der Waals surface area (Å²) in [5.41, 5.74) is 4.72. The number of aryl methyl sites for hydroxylation is 1. The maximum atomic E-state index is 6.10. The van der Waals surface area contributed by atoms with Crippen LogP contribution in [-0.4, -0.2) is 16.6 Å². The zero-order valence-electron chi connectivity index (χ0n) is 14.9. The Morgan fingerprint density at radius 1 is 1.12 bits per heavy atom. The number of unbranched alkanes of at least 4 members (excludes halogenated alkanes) is 1. The van der Waals surface area contributed by atoms with E-state index >= 15 is 0 Å². The van der Waals surface area contributed by atoms with Gasteiger partial charge in [-0.1, -0.05) is 37.1 Å². The average molecular weight is 386 g/mol. The lowest BCUT2D eigenvalue weighted by molar-refractivity contribution is 0.795. The van der Waals surface area contributed by atoms with Gasteiger partial charge in [-0.25, -0.2) is 0 Å². The molecule has 0 amide bonds. The van der Waals surface area contributed by atoms with Gasteiger partial charge in [-0.2, -0.15) is 0 Å². The molecule has 3 N–H and O–H groups in total. The fraction of sp³-hybridized carbons (Fsp3) is 0.286. The summed E-state index contributed by atoms with van der Waals surface area (Å²) in [5, 5.41) is 9.08. The molecule has 3 nitrogen and oxygen atoms in total. The van der Waals surface area contributed by atoms with Crippen LogP contribution in [0.3, 0.4) is 0 Å². The summed E-state index contributed by atoms with van der Waals surface area (Å²) in [6.07, 6.45) is 6.49. The Bertz CT molecular complexity index is 871. The van der Waals surface area contributed by atoms with Crippen LogP contribution >= 0.6 is 23.8 Å². The molecule has 136 valence electrons. The van der Waals surface area contributed by atoms with E-state index in [4.69, 9.17) is 23.8 Å². The van der Waals surface area contributed by atoms with Crippen LogP contribution in [0.15, 0.2) is 48.7 Å². The molecule has 2 aromatic carbocycles. The van der Waals surface area contributed by atoms with Crippen molar-refractivity contribution in [3.63, 3.8) is 0 Å². The summed E-state index contributed by atoms with van der Waals surface area (Å²) in [7, 11) is 0. The van der Waals surface area contributed by atoms with Crippen LogP contribution in [0.1, 0.15) is 30.9 Å². The van der Waals surface area contributed by atoms with Crippen LogP contribution in [-0.2, 0) is 12.8 Å². The van der Waals surface area contributed by atoms with Gasteiger partial charge < -0.3 is 15.6 Å². The Morgan fingerprint density at radius 2 is 1.92 bits per heavy atom. The molecule has 0 spiro atoms. The predicted molar refractivity (Wildman–Crippen MR) is 116 cm³/mol. The lowest BCUT2D eigenvalue weighted by Crippen LogP contribution is -2.30. The molecule has 0 aliphatic heterocycles. The lowest BCUT2D eigenvalue weighted by atomic mass is 10.1. The van der Waals surface area contributed by atoms with Crippen LogP contribution in [0, 0.1) is 0 Å². The number of nitrogens with one attached hydrogen (secondary N) is 3. The van der Waals surface area contributed by atoms with Crippen molar-refractivity contribution in [1.82, 2.24) is 10.3 Å². The first-order chi connectivity index (χ1) is 12.7. The van der Waals surface area contributed by atoms with Crippen molar-refractivity contribution in [3.05, 3.63) is 64.8 Å². The number of halogens is 1. The highest BCUT2D eigenvalue weighted by Crippen LogP contribution is 2.22. The summed E-state index contributed by atoms with van der Waals surface area (Å²) in [6.45, 7) is 2.98. The highest BCUT2D eigenvalue weighted by atomic mass is 35.5. The molecule has 3 aromatic rings. The maximum Gasteiger partial charge on any atom is 0.170 e. The number of hydrogen-bond donors (Lipinski definition) is 3. The van der Waals surface area contributed by atoms with Crippen molar-refractivity contribution >= 4 is 45.5 Å². The number of H-pyrrole nitrogens is 1. The van der Waals surface area contributed by atoms with Crippen LogP contribution in [0.25, 0.3) is 10.9 Å². The van der Waals surface area contributed by atoms with Crippen molar-refractivity contribution in [2.24, 2.45) is 0 Å². The van der Waals surface area contributed by atoms with Crippen molar-refractivity contribution < 1.29 is 0 Å². The summed E-state index contributed by atoms with van der Waals surface area (Å²) in [5.74, 6) is 0. The second kappa shape index (κ2) is 9.06. The average Bonchev–Trinajstić information content (AvgIpc) is 3.03. The fourth-order valence-corrected chi connectivity index (χ4v) is 3.37. The van der Waals surface area contributed by atoms with Crippen LogP contribution in [0.2, 0.25) is 5.02 Å². The summed E-state index contributed by atoms with van der Waals surface area (Å²) in [6, 6.07) is 14.4. The van der Waals surface area contributed by atoms with E-state index in [0.29, 0.717) is 5.11 Å². The largest absolute Gasteiger partial charge is 0.362 e. The Kier molecular flexibility index (Phi) is 6.53. The van der Waals surface area contributed by atoms with E-state index in [1.165, 1.54) is 29.4 Å². The van der Waals surface area contributed by atoms with Crippen molar-refractivity contribution in [2.75, 3.05) is 11.9 Å². The molecule has 0 radical (unpaired) electrons. The third-order valence-corrected chi connectivity index (χ3v) is 4.92. The first kappa shape index (κ1) is 18.7. The van der Waals surface area contributed by atoms with Gasteiger partial charge >= 0.3 is 0 Å². The fourth-order valence-electron chi connectivity index (χ4n) is 2.98. The van der Waals surface area contributed by atoms with E-state index in [1.54, 1.807) is 0 Å². The number of rotatable bonds is 7. The van der Waals surface area contributed by atoms with Gasteiger partial charge in [0.05, 0.1) is 0 Å². The lowest BCUT2D eigenvalue weighted by Gasteiger charge is -2.11. The molecule has 0 unspecified atom stereocenters. The summed E-state index contributed by atoms with van der Waals surface area (Å²) < 4.78 is 0. The maximum absolute atomic E-state index is 6.10. The normalized spacial score (nSPS) is 10.8. The SMILES string of the molecule is CCCCc1ccc(NC(=S)NCCc2c[nH]c3ccc(Cl)cc23)cc1. The van der Waals surface area contributed by atoms with Crippen molar-refractivity contribution in [3.8, 4) is 0 Å². The highest BCUT2D eigenvalue weighted by molar-refractivity contribution is 7.80. The molecule has 0 atom stereocenters. The van der Waals surface area contributed by atoms with Gasteiger partial charge in [-0.15, -0.1) is 0 Å². The smallest absolute Gasteiger partial charge is 0.170 e. The molecule has 3 rings (SSSR count). The summed E-state index contributed by atoms with van der Waals surface area (Å²) >= 11 is 11.5. The molecule has 0 bridgehead atoms. The Morgan fingerprint density at radius 3 is 2.69 bits per heavy atom. The van der Waals surface area contributed by atoms with Gasteiger partial charge in [-0.3, -0.25) is 0 Å². The van der Waals surface area contributed by atoms with E-state index < -0.39 is 0 Å². The molecule has 5 heteroatoms. The third kappa shape index (κ3) is 4.99. The van der Waals surface area contributed by atoms with E-state index in [9.17, 15) is 0 Å². The number of fused-ring (bicyclic) bond motifs is 1. The first-order valence-electron chi connectivity index (χ1n) is 9.05. The van der Waals surface area contributed by atoms with Gasteiger partial charge in [0, 0.05) is 34.4 Å². The minimum atomic E-state index is 0.643. The molecule has 1 heterocycles. The Balaban J connectivity index is 1.48. The number of aromatic amines is 1. The Hall–Kier alpha value is -2.04. The quantitative estimate of drug-likeness (QED) is 0.457. The van der Waals surface area contributed by atoms with Gasteiger partial charge in [0.2, 0.25) is 0 Å². The Labute approximate surface area is 165 Å².